The molecular weight excluding hydrogens is 291 g/mol. The Morgan fingerprint density at radius 2 is 1.12 bits per heavy atom. The van der Waals surface area contributed by atoms with Crippen LogP contribution in [0.25, 0.3) is 0 Å². The van der Waals surface area contributed by atoms with Crippen LogP contribution in [0.3, 0.4) is 0 Å². The minimum Gasteiger partial charge on any atom is -0.735 e. The number of hydrogen-bond donors (Lipinski definition) is 0. The van der Waals surface area contributed by atoms with Gasteiger partial charge in [-0.3, -0.25) is 0 Å². The van der Waals surface area contributed by atoms with E-state index in [9.17, 15) is 37.6 Å². The van der Waals surface area contributed by atoms with Gasteiger partial charge < -0.3 is 4.55 Å². The smallest absolute Gasteiger partial charge is 0.735 e. The third-order valence-electron chi connectivity index (χ3n) is 0.913. The van der Waals surface area contributed by atoms with Gasteiger partial charge in [0.05, 0.1) is 0 Å². The summed E-state index contributed by atoms with van der Waals surface area (Å²) in [6.45, 7) is 0. The number of hydrogen-bond acceptors (Lipinski definition) is 7. The third-order valence-corrected chi connectivity index (χ3v) is 3.37. The van der Waals surface area contributed by atoms with Crippen molar-refractivity contribution in [3.8, 4) is 0 Å². The summed E-state index contributed by atoms with van der Waals surface area (Å²) in [4.78, 5) is 0. The Balaban J connectivity index is 0. The fourth-order valence-electron chi connectivity index (χ4n) is 0.510. The van der Waals surface area contributed by atoms with Gasteiger partial charge in [-0.1, -0.05) is 0 Å². The maximum absolute atomic E-state index is 12.0. The van der Waals surface area contributed by atoms with Gasteiger partial charge in [-0.05, 0) is 0 Å². The fraction of sp³-hybridized carbons (Fsp3) is 1.00. The zero-order valence-corrected chi connectivity index (χ0v) is 10.1. The van der Waals surface area contributed by atoms with Crippen molar-refractivity contribution in [2.45, 2.75) is 0 Å². The second kappa shape index (κ2) is 5.71. The van der Waals surface area contributed by atoms with Crippen molar-refractivity contribution >= 4 is 30.8 Å². The van der Waals surface area contributed by atoms with Crippen LogP contribution in [0.4, 0.5) is 7.77 Å². The largest absolute Gasteiger partial charge is 1.00 e. The molecule has 0 aromatic carbocycles. The molecule has 0 saturated carbocycles. The molecule has 0 aromatic rings. The molecule has 0 spiro atoms. The molecule has 0 bridgehead atoms. The summed E-state index contributed by atoms with van der Waals surface area (Å²) in [7, 11) is -16.5. The molecule has 0 saturated heterocycles. The van der Waals surface area contributed by atoms with Crippen LogP contribution in [0.5, 0.6) is 0 Å². The summed E-state index contributed by atoms with van der Waals surface area (Å²) in [5.41, 5.74) is 0. The standard InChI is InChI=1S/C2H5F2NO7S3.Li/c3-13(6,7)1-5(15(10,11)12)2-14(4,8)9;/h1-2H2,(H,10,11,12);/q;+1/p-1. The maximum atomic E-state index is 12.0. The zero-order chi connectivity index (χ0) is 12.5. The van der Waals surface area contributed by atoms with Gasteiger partial charge in [-0.2, -0.15) is 21.1 Å². The first-order valence-electron chi connectivity index (χ1n) is 2.87. The molecular formula is C2H4F2LiNO7S3. The monoisotopic (exact) mass is 295 g/mol. The van der Waals surface area contributed by atoms with Crippen LogP contribution in [0.1, 0.15) is 0 Å². The van der Waals surface area contributed by atoms with Crippen LogP contribution in [0.15, 0.2) is 0 Å². The molecule has 8 nitrogen and oxygen atoms in total. The minimum atomic E-state index is -5.59. The van der Waals surface area contributed by atoms with Crippen molar-refractivity contribution in [3.05, 3.63) is 0 Å². The Morgan fingerprint density at radius 3 is 1.25 bits per heavy atom. The van der Waals surface area contributed by atoms with E-state index in [2.05, 4.69) is 0 Å². The minimum absolute atomic E-state index is 0. The Bertz CT molecular complexity index is 488. The van der Waals surface area contributed by atoms with E-state index in [1.54, 1.807) is 0 Å². The van der Waals surface area contributed by atoms with Crippen LogP contribution < -0.4 is 18.9 Å². The Hall–Kier alpha value is 0.227. The van der Waals surface area contributed by atoms with E-state index in [0.717, 1.165) is 0 Å². The number of nitrogens with zero attached hydrogens (tertiary/aromatic N) is 1. The molecule has 0 unspecified atom stereocenters. The van der Waals surface area contributed by atoms with E-state index >= 15 is 0 Å². The van der Waals surface area contributed by atoms with Gasteiger partial charge in [0.15, 0.2) is 10.3 Å². The second-order valence-electron chi connectivity index (χ2n) is 2.25. The van der Waals surface area contributed by atoms with E-state index in [1.807, 2.05) is 0 Å². The summed E-state index contributed by atoms with van der Waals surface area (Å²) in [6, 6.07) is 0. The molecule has 0 radical (unpaired) electrons. The second-order valence-corrected chi connectivity index (χ2v) is 6.29. The summed E-state index contributed by atoms with van der Waals surface area (Å²) >= 11 is 0. The van der Waals surface area contributed by atoms with Crippen molar-refractivity contribution in [1.82, 2.24) is 4.31 Å². The maximum Gasteiger partial charge on any atom is 1.00 e. The molecule has 0 aliphatic heterocycles. The van der Waals surface area contributed by atoms with Crippen molar-refractivity contribution in [3.63, 3.8) is 0 Å². The molecule has 0 aromatic heterocycles. The van der Waals surface area contributed by atoms with Gasteiger partial charge in [0.2, 0.25) is 0 Å². The first-order valence-corrected chi connectivity index (χ1v) is 7.34. The van der Waals surface area contributed by atoms with Gasteiger partial charge in [0.1, 0.15) is 11.8 Å². The van der Waals surface area contributed by atoms with Crippen molar-refractivity contribution in [2.75, 3.05) is 11.8 Å². The molecule has 0 amide bonds. The van der Waals surface area contributed by atoms with Crippen LogP contribution in [0.2, 0.25) is 0 Å². The Kier molecular flexibility index (Phi) is 6.64. The first kappa shape index (κ1) is 18.6. The van der Waals surface area contributed by atoms with Gasteiger partial charge in [-0.15, -0.1) is 7.77 Å². The Morgan fingerprint density at radius 1 is 0.875 bits per heavy atom. The summed E-state index contributed by atoms with van der Waals surface area (Å²) in [5.74, 6) is -4.11. The summed E-state index contributed by atoms with van der Waals surface area (Å²) in [6.07, 6.45) is 0. The van der Waals surface area contributed by atoms with Gasteiger partial charge in [0, 0.05) is 0 Å². The molecule has 14 heteroatoms. The molecule has 92 valence electrons. The van der Waals surface area contributed by atoms with Crippen LogP contribution in [0, 0.1) is 0 Å². The average Bonchev–Trinajstić information content (AvgIpc) is 1.75. The normalized spacial score (nSPS) is 13.5. The topological polar surface area (TPSA) is 129 Å². The van der Waals surface area contributed by atoms with E-state index in [0.29, 0.717) is 0 Å². The predicted molar refractivity (Wildman–Crippen MR) is 41.3 cm³/mol. The van der Waals surface area contributed by atoms with E-state index in [4.69, 9.17) is 0 Å². The molecule has 0 fully saturated rings. The van der Waals surface area contributed by atoms with Crippen molar-refractivity contribution in [1.29, 1.82) is 0 Å². The van der Waals surface area contributed by atoms with Crippen LogP contribution >= 0.6 is 0 Å². The molecule has 16 heavy (non-hydrogen) atoms. The average molecular weight is 295 g/mol. The first-order chi connectivity index (χ1) is 6.31. The van der Waals surface area contributed by atoms with E-state index < -0.39 is 46.8 Å². The van der Waals surface area contributed by atoms with E-state index in [1.165, 1.54) is 0 Å². The number of halogens is 2. The molecule has 0 aliphatic carbocycles. The third kappa shape index (κ3) is 9.45. The zero-order valence-electron chi connectivity index (χ0n) is 7.70. The van der Waals surface area contributed by atoms with E-state index in [-0.39, 0.29) is 18.9 Å². The predicted octanol–water partition coefficient (Wildman–Crippen LogP) is -4.73. The molecule has 0 atom stereocenters. The number of rotatable bonds is 5. The molecule has 0 N–H and O–H groups in total. The quantitative estimate of drug-likeness (QED) is 0.283. The summed E-state index contributed by atoms with van der Waals surface area (Å²) in [5, 5.41) is 0. The summed E-state index contributed by atoms with van der Waals surface area (Å²) < 4.78 is 93.4. The Labute approximate surface area is 103 Å². The fourth-order valence-corrected chi connectivity index (χ4v) is 3.28. The molecule has 0 heterocycles. The van der Waals surface area contributed by atoms with Crippen molar-refractivity contribution < 1.29 is 56.4 Å². The SMILES string of the molecule is O=S(=O)(F)CN(CS(=O)(=O)F)S(=O)(=O)[O-].[Li+]. The van der Waals surface area contributed by atoms with Crippen LogP contribution in [-0.2, 0) is 30.8 Å². The van der Waals surface area contributed by atoms with Gasteiger partial charge in [0.25, 0.3) is 0 Å². The van der Waals surface area contributed by atoms with Crippen molar-refractivity contribution in [2.24, 2.45) is 0 Å². The molecule has 0 aliphatic rings. The van der Waals surface area contributed by atoms with Gasteiger partial charge in [-0.25, -0.2) is 8.42 Å². The molecule has 0 rings (SSSR count). The van der Waals surface area contributed by atoms with Gasteiger partial charge >= 0.3 is 39.3 Å². The van der Waals surface area contributed by atoms with Crippen LogP contribution in [-0.4, -0.2) is 45.9 Å².